The summed E-state index contributed by atoms with van der Waals surface area (Å²) in [7, 11) is 0. The number of ether oxygens (including phenoxy) is 1. The molecule has 0 fully saturated rings. The minimum absolute atomic E-state index is 0.0150. The van der Waals surface area contributed by atoms with E-state index in [1.807, 2.05) is 0 Å². The van der Waals surface area contributed by atoms with Gasteiger partial charge in [-0.1, -0.05) is 5.16 Å². The van der Waals surface area contributed by atoms with Crippen LogP contribution in [0.1, 0.15) is 10.5 Å². The van der Waals surface area contributed by atoms with Gasteiger partial charge in [0.05, 0.1) is 4.92 Å². The topological polar surface area (TPSA) is 162 Å². The van der Waals surface area contributed by atoms with E-state index < -0.39 is 16.6 Å². The Kier molecular flexibility index (Phi) is 4.15. The maximum Gasteiger partial charge on any atom is 0.270 e. The summed E-state index contributed by atoms with van der Waals surface area (Å²) in [5.74, 6) is -1.35. The number of carbonyl (C=O) groups is 1. The van der Waals surface area contributed by atoms with Crippen molar-refractivity contribution in [3.8, 4) is 34.3 Å². The second kappa shape index (κ2) is 6.43. The van der Waals surface area contributed by atoms with Gasteiger partial charge in [-0.05, 0) is 12.1 Å². The van der Waals surface area contributed by atoms with Gasteiger partial charge >= 0.3 is 0 Å². The fourth-order valence-corrected chi connectivity index (χ4v) is 2.19. The highest BCUT2D eigenvalue weighted by Gasteiger charge is 2.20. The Morgan fingerprint density at radius 1 is 1.19 bits per heavy atom. The molecule has 1 heterocycles. The van der Waals surface area contributed by atoms with Crippen LogP contribution in [0, 0.1) is 10.1 Å². The Labute approximate surface area is 145 Å². The Hall–Kier alpha value is -4.08. The van der Waals surface area contributed by atoms with E-state index in [0.29, 0.717) is 0 Å². The minimum atomic E-state index is -0.823. The average molecular weight is 357 g/mol. The number of aromatic hydroxyl groups is 2. The van der Waals surface area contributed by atoms with E-state index in [1.54, 1.807) is 0 Å². The molecule has 0 aliphatic rings. The molecule has 0 bridgehead atoms. The van der Waals surface area contributed by atoms with Crippen molar-refractivity contribution in [2.45, 2.75) is 0 Å². The number of aromatic nitrogens is 1. The van der Waals surface area contributed by atoms with Crippen molar-refractivity contribution in [1.29, 1.82) is 0 Å². The standard InChI is InChI=1S/C16H11N3O7/c17-16(22)11-7-14(26-18-11)15-12(21)5-9(20)6-13(15)25-10-3-1-8(2-4-10)19(23)24/h1-7,20-21H,(H2,17,22). The van der Waals surface area contributed by atoms with Gasteiger partial charge < -0.3 is 25.2 Å². The van der Waals surface area contributed by atoms with Crippen LogP contribution in [0.3, 0.4) is 0 Å². The number of rotatable bonds is 5. The molecule has 2 aromatic carbocycles. The highest BCUT2D eigenvalue weighted by atomic mass is 16.6. The van der Waals surface area contributed by atoms with Crippen molar-refractivity contribution < 1.29 is 29.2 Å². The predicted molar refractivity (Wildman–Crippen MR) is 87.0 cm³/mol. The SMILES string of the molecule is NC(=O)c1cc(-c2c(O)cc(O)cc2Oc2ccc([N+](=O)[O-])cc2)on1. The zero-order chi connectivity index (χ0) is 18.8. The number of hydrogen-bond donors (Lipinski definition) is 3. The number of amides is 1. The third kappa shape index (κ3) is 3.24. The predicted octanol–water partition coefficient (Wildman–Crippen LogP) is 2.55. The van der Waals surface area contributed by atoms with Gasteiger partial charge in [0, 0.05) is 30.3 Å². The molecule has 0 aliphatic heterocycles. The number of carbonyl (C=O) groups excluding carboxylic acids is 1. The Balaban J connectivity index is 2.03. The monoisotopic (exact) mass is 357 g/mol. The fourth-order valence-electron chi connectivity index (χ4n) is 2.19. The average Bonchev–Trinajstić information content (AvgIpc) is 3.04. The number of nitro groups is 1. The van der Waals surface area contributed by atoms with E-state index in [4.69, 9.17) is 15.0 Å². The third-order valence-electron chi connectivity index (χ3n) is 3.35. The summed E-state index contributed by atoms with van der Waals surface area (Å²) in [4.78, 5) is 21.3. The van der Waals surface area contributed by atoms with Crippen LogP contribution in [0.15, 0.2) is 47.0 Å². The fraction of sp³-hybridized carbons (Fsp3) is 0. The molecule has 0 spiro atoms. The summed E-state index contributed by atoms with van der Waals surface area (Å²) >= 11 is 0. The molecule has 0 radical (unpaired) electrons. The molecule has 10 nitrogen and oxygen atoms in total. The molecule has 132 valence electrons. The zero-order valence-electron chi connectivity index (χ0n) is 12.9. The number of phenols is 2. The zero-order valence-corrected chi connectivity index (χ0v) is 12.9. The number of non-ortho nitro benzene ring substituents is 1. The molecule has 10 heteroatoms. The van der Waals surface area contributed by atoms with E-state index in [-0.39, 0.29) is 40.0 Å². The minimum Gasteiger partial charge on any atom is -0.508 e. The summed E-state index contributed by atoms with van der Waals surface area (Å²) in [5.41, 5.74) is 4.85. The summed E-state index contributed by atoms with van der Waals surface area (Å²) in [6, 6.07) is 8.61. The molecule has 3 aromatic rings. The highest BCUT2D eigenvalue weighted by Crippen LogP contribution is 2.43. The number of nitrogens with zero attached hydrogens (tertiary/aromatic N) is 2. The van der Waals surface area contributed by atoms with Crippen molar-refractivity contribution >= 4 is 11.6 Å². The lowest BCUT2D eigenvalue weighted by molar-refractivity contribution is -0.384. The van der Waals surface area contributed by atoms with Crippen LogP contribution in [0.25, 0.3) is 11.3 Å². The lowest BCUT2D eigenvalue weighted by Gasteiger charge is -2.11. The first-order chi connectivity index (χ1) is 12.3. The van der Waals surface area contributed by atoms with E-state index >= 15 is 0 Å². The summed E-state index contributed by atoms with van der Waals surface area (Å²) in [6.07, 6.45) is 0. The van der Waals surface area contributed by atoms with Crippen molar-refractivity contribution in [2.75, 3.05) is 0 Å². The second-order valence-electron chi connectivity index (χ2n) is 5.13. The van der Waals surface area contributed by atoms with E-state index in [1.165, 1.54) is 36.4 Å². The third-order valence-corrected chi connectivity index (χ3v) is 3.35. The highest BCUT2D eigenvalue weighted by molar-refractivity contribution is 5.92. The summed E-state index contributed by atoms with van der Waals surface area (Å²) in [5, 5.41) is 34.0. The van der Waals surface area contributed by atoms with Crippen LogP contribution < -0.4 is 10.5 Å². The first kappa shape index (κ1) is 16.8. The van der Waals surface area contributed by atoms with Crippen molar-refractivity contribution in [1.82, 2.24) is 5.16 Å². The number of benzene rings is 2. The van der Waals surface area contributed by atoms with Gasteiger partial charge in [-0.25, -0.2) is 0 Å². The first-order valence-corrected chi connectivity index (χ1v) is 7.10. The van der Waals surface area contributed by atoms with Crippen LogP contribution in [0.5, 0.6) is 23.0 Å². The number of nitro benzene ring substituents is 1. The van der Waals surface area contributed by atoms with Crippen molar-refractivity contribution in [2.24, 2.45) is 5.73 Å². The Morgan fingerprint density at radius 3 is 2.46 bits per heavy atom. The Bertz CT molecular complexity index is 996. The van der Waals surface area contributed by atoms with Crippen molar-refractivity contribution in [3.63, 3.8) is 0 Å². The van der Waals surface area contributed by atoms with Crippen LogP contribution in [0.4, 0.5) is 5.69 Å². The first-order valence-electron chi connectivity index (χ1n) is 7.10. The molecule has 0 aliphatic carbocycles. The molecule has 0 atom stereocenters. The molecule has 3 rings (SSSR count). The summed E-state index contributed by atoms with van der Waals surface area (Å²) in [6.45, 7) is 0. The molecule has 26 heavy (non-hydrogen) atoms. The van der Waals surface area contributed by atoms with E-state index in [0.717, 1.165) is 6.07 Å². The van der Waals surface area contributed by atoms with Gasteiger partial charge in [-0.3, -0.25) is 14.9 Å². The lowest BCUT2D eigenvalue weighted by atomic mass is 10.1. The smallest absolute Gasteiger partial charge is 0.270 e. The van der Waals surface area contributed by atoms with Gasteiger partial charge in [0.2, 0.25) is 0 Å². The van der Waals surface area contributed by atoms with Crippen LogP contribution >= 0.6 is 0 Å². The van der Waals surface area contributed by atoms with Gasteiger partial charge in [0.15, 0.2) is 11.5 Å². The quantitative estimate of drug-likeness (QED) is 0.463. The summed E-state index contributed by atoms with van der Waals surface area (Å²) < 4.78 is 10.6. The molecule has 4 N–H and O–H groups in total. The maximum absolute atomic E-state index is 11.2. The van der Waals surface area contributed by atoms with Gasteiger partial charge in [-0.2, -0.15) is 0 Å². The normalized spacial score (nSPS) is 10.5. The molecule has 1 aromatic heterocycles. The largest absolute Gasteiger partial charge is 0.508 e. The van der Waals surface area contributed by atoms with Crippen molar-refractivity contribution in [3.05, 3.63) is 58.3 Å². The van der Waals surface area contributed by atoms with E-state index in [2.05, 4.69) is 5.16 Å². The van der Waals surface area contributed by atoms with Gasteiger partial charge in [-0.15, -0.1) is 0 Å². The van der Waals surface area contributed by atoms with Crippen LogP contribution in [-0.4, -0.2) is 26.2 Å². The second-order valence-corrected chi connectivity index (χ2v) is 5.13. The molecular formula is C16H11N3O7. The number of hydrogen-bond acceptors (Lipinski definition) is 8. The number of nitrogens with two attached hydrogens (primary N) is 1. The lowest BCUT2D eigenvalue weighted by Crippen LogP contribution is -2.10. The van der Waals surface area contributed by atoms with Crippen LogP contribution in [-0.2, 0) is 0 Å². The molecular weight excluding hydrogens is 346 g/mol. The van der Waals surface area contributed by atoms with Crippen LogP contribution in [0.2, 0.25) is 0 Å². The van der Waals surface area contributed by atoms with E-state index in [9.17, 15) is 25.1 Å². The molecule has 1 amide bonds. The Morgan fingerprint density at radius 2 is 1.88 bits per heavy atom. The van der Waals surface area contributed by atoms with Gasteiger partial charge in [0.1, 0.15) is 28.6 Å². The molecule has 0 unspecified atom stereocenters. The number of phenolic OH excluding ortho intramolecular Hbond substituents is 2. The maximum atomic E-state index is 11.2. The molecule has 0 saturated carbocycles. The van der Waals surface area contributed by atoms with Gasteiger partial charge in [0.25, 0.3) is 11.6 Å². The number of primary amides is 1. The molecule has 0 saturated heterocycles.